The molecular weight excluding hydrogens is 254 g/mol. The molecule has 3 aromatic rings. The van der Waals surface area contributed by atoms with Gasteiger partial charge in [-0.05, 0) is 41.3 Å². The monoisotopic (exact) mass is 267 g/mol. The summed E-state index contributed by atoms with van der Waals surface area (Å²) in [5.74, 6) is 0.413. The van der Waals surface area contributed by atoms with Crippen LogP contribution in [0.5, 0.6) is 5.75 Å². The molecule has 0 spiro atoms. The van der Waals surface area contributed by atoms with Gasteiger partial charge < -0.3 is 5.11 Å². The number of rotatable bonds is 3. The Hall–Kier alpha value is -2.13. The molecule has 94 valence electrons. The average Bonchev–Trinajstić information content (AvgIpc) is 2.96. The van der Waals surface area contributed by atoms with Crippen molar-refractivity contribution >= 4 is 11.3 Å². The molecule has 19 heavy (non-hydrogen) atoms. The molecule has 1 aromatic carbocycles. The summed E-state index contributed by atoms with van der Waals surface area (Å²) >= 11 is 1.72. The molecule has 0 aliphatic rings. The molecule has 0 saturated carbocycles. The molecule has 0 radical (unpaired) electrons. The van der Waals surface area contributed by atoms with Gasteiger partial charge in [0.1, 0.15) is 5.75 Å². The van der Waals surface area contributed by atoms with Crippen molar-refractivity contribution in [2.75, 3.05) is 0 Å². The Bertz CT molecular complexity index is 632. The Morgan fingerprint density at radius 2 is 1.79 bits per heavy atom. The van der Waals surface area contributed by atoms with Gasteiger partial charge in [-0.1, -0.05) is 24.3 Å². The third-order valence-corrected chi connectivity index (χ3v) is 3.97. The average molecular weight is 267 g/mol. The summed E-state index contributed by atoms with van der Waals surface area (Å²) in [7, 11) is 0. The van der Waals surface area contributed by atoms with Crippen molar-refractivity contribution in [1.82, 2.24) is 4.98 Å². The summed E-state index contributed by atoms with van der Waals surface area (Å²) in [6.07, 6.45) is 1.82. The van der Waals surface area contributed by atoms with Crippen molar-refractivity contribution in [3.63, 3.8) is 0 Å². The number of aromatic nitrogens is 1. The fourth-order valence-electron chi connectivity index (χ4n) is 2.15. The molecule has 2 nitrogen and oxygen atoms in total. The topological polar surface area (TPSA) is 33.1 Å². The largest absolute Gasteiger partial charge is 0.508 e. The van der Waals surface area contributed by atoms with E-state index in [1.165, 1.54) is 4.88 Å². The van der Waals surface area contributed by atoms with E-state index in [-0.39, 0.29) is 11.7 Å². The number of nitrogens with zero attached hydrogens (tertiary/aromatic N) is 1. The summed E-state index contributed by atoms with van der Waals surface area (Å²) in [4.78, 5) is 5.73. The van der Waals surface area contributed by atoms with E-state index in [2.05, 4.69) is 22.5 Å². The minimum atomic E-state index is 0.127. The Kier molecular flexibility index (Phi) is 3.29. The fraction of sp³-hybridized carbons (Fsp3) is 0.0625. The Labute approximate surface area is 116 Å². The number of thiophene rings is 1. The minimum Gasteiger partial charge on any atom is -0.508 e. The molecule has 2 heterocycles. The van der Waals surface area contributed by atoms with E-state index in [9.17, 15) is 5.11 Å². The van der Waals surface area contributed by atoms with Gasteiger partial charge in [0.25, 0.3) is 0 Å². The standard InChI is InChI=1S/C16H13NOS/c18-13-8-6-12(7-9-13)16(15-5-3-11-19-15)14-4-1-2-10-17-14/h1-11,16,18H. The van der Waals surface area contributed by atoms with Crippen LogP contribution in [-0.2, 0) is 0 Å². The summed E-state index contributed by atoms with van der Waals surface area (Å²) in [6, 6.07) is 17.5. The highest BCUT2D eigenvalue weighted by Crippen LogP contribution is 2.33. The lowest BCUT2D eigenvalue weighted by Gasteiger charge is -2.15. The van der Waals surface area contributed by atoms with E-state index in [1.807, 2.05) is 36.5 Å². The van der Waals surface area contributed by atoms with Crippen LogP contribution in [0.2, 0.25) is 0 Å². The fourth-order valence-corrected chi connectivity index (χ4v) is 3.01. The highest BCUT2D eigenvalue weighted by Gasteiger charge is 2.18. The van der Waals surface area contributed by atoms with Gasteiger partial charge in [-0.25, -0.2) is 0 Å². The van der Waals surface area contributed by atoms with Gasteiger partial charge in [-0.3, -0.25) is 4.98 Å². The number of hydrogen-bond acceptors (Lipinski definition) is 3. The van der Waals surface area contributed by atoms with Gasteiger partial charge >= 0.3 is 0 Å². The molecule has 0 amide bonds. The SMILES string of the molecule is Oc1ccc(C(c2ccccn2)c2cccs2)cc1. The molecule has 0 aliphatic carbocycles. The Balaban J connectivity index is 2.10. The molecule has 3 rings (SSSR count). The smallest absolute Gasteiger partial charge is 0.115 e. The molecule has 0 aliphatic heterocycles. The van der Waals surface area contributed by atoms with Crippen LogP contribution in [0, 0.1) is 0 Å². The van der Waals surface area contributed by atoms with Crippen molar-refractivity contribution in [2.45, 2.75) is 5.92 Å². The number of pyridine rings is 1. The second-order valence-electron chi connectivity index (χ2n) is 4.29. The van der Waals surface area contributed by atoms with E-state index in [1.54, 1.807) is 23.5 Å². The van der Waals surface area contributed by atoms with Crippen LogP contribution in [0.4, 0.5) is 0 Å². The maximum Gasteiger partial charge on any atom is 0.115 e. The van der Waals surface area contributed by atoms with E-state index in [0.29, 0.717) is 0 Å². The zero-order chi connectivity index (χ0) is 13.1. The number of phenols is 1. The van der Waals surface area contributed by atoms with Crippen molar-refractivity contribution in [2.24, 2.45) is 0 Å². The first-order valence-corrected chi connectivity index (χ1v) is 6.96. The number of benzene rings is 1. The molecule has 0 fully saturated rings. The van der Waals surface area contributed by atoms with Crippen LogP contribution in [0.3, 0.4) is 0 Å². The summed E-state index contributed by atoms with van der Waals surface area (Å²) in [6.45, 7) is 0. The molecule has 3 heteroatoms. The minimum absolute atomic E-state index is 0.127. The van der Waals surface area contributed by atoms with Gasteiger partial charge in [0, 0.05) is 11.1 Å². The van der Waals surface area contributed by atoms with Crippen LogP contribution in [-0.4, -0.2) is 10.1 Å². The predicted molar refractivity (Wildman–Crippen MR) is 77.6 cm³/mol. The first kappa shape index (κ1) is 11.9. The lowest BCUT2D eigenvalue weighted by molar-refractivity contribution is 0.475. The zero-order valence-electron chi connectivity index (χ0n) is 10.2. The molecule has 2 aromatic heterocycles. The summed E-state index contributed by atoms with van der Waals surface area (Å²) < 4.78 is 0. The van der Waals surface area contributed by atoms with Crippen molar-refractivity contribution < 1.29 is 5.11 Å². The van der Waals surface area contributed by atoms with Gasteiger partial charge in [0.15, 0.2) is 0 Å². The predicted octanol–water partition coefficient (Wildman–Crippen LogP) is 4.03. The van der Waals surface area contributed by atoms with Crippen molar-refractivity contribution in [3.05, 3.63) is 82.3 Å². The third-order valence-electron chi connectivity index (χ3n) is 3.04. The first-order valence-electron chi connectivity index (χ1n) is 6.08. The number of aromatic hydroxyl groups is 1. The van der Waals surface area contributed by atoms with Crippen molar-refractivity contribution in [1.29, 1.82) is 0 Å². The van der Waals surface area contributed by atoms with Crippen LogP contribution in [0.15, 0.2) is 66.2 Å². The van der Waals surface area contributed by atoms with Gasteiger partial charge in [-0.2, -0.15) is 0 Å². The normalized spacial score (nSPS) is 12.2. The van der Waals surface area contributed by atoms with Gasteiger partial charge in [0.05, 0.1) is 11.6 Å². The molecular formula is C16H13NOS. The Morgan fingerprint density at radius 3 is 2.42 bits per heavy atom. The van der Waals surface area contributed by atoms with Crippen molar-refractivity contribution in [3.8, 4) is 5.75 Å². The third kappa shape index (κ3) is 2.51. The van der Waals surface area contributed by atoms with E-state index in [0.717, 1.165) is 11.3 Å². The summed E-state index contributed by atoms with van der Waals surface area (Å²) in [5, 5.41) is 11.5. The first-order chi connectivity index (χ1) is 9.34. The van der Waals surface area contributed by atoms with E-state index >= 15 is 0 Å². The van der Waals surface area contributed by atoms with Crippen LogP contribution < -0.4 is 0 Å². The van der Waals surface area contributed by atoms with E-state index in [4.69, 9.17) is 0 Å². The molecule has 1 N–H and O–H groups in total. The quantitative estimate of drug-likeness (QED) is 0.777. The highest BCUT2D eigenvalue weighted by molar-refractivity contribution is 7.10. The van der Waals surface area contributed by atoms with Gasteiger partial charge in [0.2, 0.25) is 0 Å². The highest BCUT2D eigenvalue weighted by atomic mass is 32.1. The maximum atomic E-state index is 9.43. The molecule has 1 unspecified atom stereocenters. The lowest BCUT2D eigenvalue weighted by atomic mass is 9.93. The number of hydrogen-bond donors (Lipinski definition) is 1. The second-order valence-corrected chi connectivity index (χ2v) is 5.27. The van der Waals surface area contributed by atoms with E-state index < -0.39 is 0 Å². The summed E-state index contributed by atoms with van der Waals surface area (Å²) in [5.41, 5.74) is 2.16. The Morgan fingerprint density at radius 1 is 0.947 bits per heavy atom. The van der Waals surface area contributed by atoms with Gasteiger partial charge in [-0.15, -0.1) is 11.3 Å². The second kappa shape index (κ2) is 5.24. The maximum absolute atomic E-state index is 9.43. The lowest BCUT2D eigenvalue weighted by Crippen LogP contribution is -2.03. The number of phenolic OH excluding ortho intramolecular Hbond substituents is 1. The molecule has 0 bridgehead atoms. The van der Waals surface area contributed by atoms with Crippen LogP contribution in [0.25, 0.3) is 0 Å². The molecule has 0 saturated heterocycles. The zero-order valence-corrected chi connectivity index (χ0v) is 11.0. The van der Waals surface area contributed by atoms with Crippen LogP contribution >= 0.6 is 11.3 Å². The molecule has 1 atom stereocenters. The van der Waals surface area contributed by atoms with Crippen LogP contribution in [0.1, 0.15) is 22.1 Å².